The Morgan fingerprint density at radius 2 is 1.79 bits per heavy atom. The Morgan fingerprint density at radius 1 is 1.03 bits per heavy atom. The molecule has 0 unspecified atom stereocenters. The maximum atomic E-state index is 14.3. The van der Waals surface area contributed by atoms with Gasteiger partial charge in [0.1, 0.15) is 17.2 Å². The molecule has 5 rings (SSSR count). The summed E-state index contributed by atoms with van der Waals surface area (Å²) in [6.07, 6.45) is 8.85. The highest BCUT2D eigenvalue weighted by Gasteiger charge is 2.41. The summed E-state index contributed by atoms with van der Waals surface area (Å²) in [5.41, 5.74) is 3.70. The van der Waals surface area contributed by atoms with Crippen LogP contribution in [0.3, 0.4) is 0 Å². The number of benzene rings is 2. The maximum Gasteiger partial charge on any atom is 0.127 e. The molecule has 154 valence electrons. The van der Waals surface area contributed by atoms with Crippen molar-refractivity contribution in [2.75, 3.05) is 19.7 Å². The molecule has 3 nitrogen and oxygen atoms in total. The van der Waals surface area contributed by atoms with Crippen molar-refractivity contribution in [3.63, 3.8) is 0 Å². The lowest BCUT2D eigenvalue weighted by Gasteiger charge is -2.48. The van der Waals surface area contributed by atoms with Gasteiger partial charge in [-0.3, -0.25) is 0 Å². The van der Waals surface area contributed by atoms with Crippen LogP contribution in [0.1, 0.15) is 49.7 Å². The van der Waals surface area contributed by atoms with Crippen molar-refractivity contribution < 1.29 is 14.2 Å². The third-order valence-corrected chi connectivity index (χ3v) is 7.30. The fraction of sp³-hybridized carbons (Fsp3) is 0.520. The van der Waals surface area contributed by atoms with Gasteiger partial charge in [-0.1, -0.05) is 24.6 Å². The number of piperidine rings is 1. The minimum atomic E-state index is -0.248. The minimum Gasteiger partial charge on any atom is -0.487 e. The van der Waals surface area contributed by atoms with E-state index in [9.17, 15) is 4.39 Å². The standard InChI is InChI=1S/C25H30FNO2/c26-23-17-20(5-4-18(23)9-15-28)19-6-7-24-21(16-19)8-10-25(29-24)11-13-27(14-12-25)22-2-1-3-22/h4-7,16-17,22,28H,1-3,8-15H2. The van der Waals surface area contributed by atoms with Crippen LogP contribution >= 0.6 is 0 Å². The number of rotatable bonds is 4. The number of aliphatic hydroxyl groups is 1. The second kappa shape index (κ2) is 7.73. The fourth-order valence-corrected chi connectivity index (χ4v) is 5.15. The molecular formula is C25H30FNO2. The van der Waals surface area contributed by atoms with Gasteiger partial charge in [0, 0.05) is 25.7 Å². The number of ether oxygens (including phenoxy) is 1. The number of nitrogens with zero attached hydrogens (tertiary/aromatic N) is 1. The Kier molecular flexibility index (Phi) is 5.09. The quantitative estimate of drug-likeness (QED) is 0.812. The van der Waals surface area contributed by atoms with Gasteiger partial charge in [-0.25, -0.2) is 4.39 Å². The first-order valence-corrected chi connectivity index (χ1v) is 11.1. The van der Waals surface area contributed by atoms with E-state index in [1.54, 1.807) is 12.1 Å². The molecule has 0 radical (unpaired) electrons. The minimum absolute atomic E-state index is 0.00676. The van der Waals surface area contributed by atoms with Crippen molar-refractivity contribution >= 4 is 0 Å². The summed E-state index contributed by atoms with van der Waals surface area (Å²) in [6.45, 7) is 2.29. The Balaban J connectivity index is 1.30. The average molecular weight is 396 g/mol. The Bertz CT molecular complexity index is 884. The SMILES string of the molecule is OCCc1ccc(-c2ccc3c(c2)CCC2(CCN(C4CCC4)CC2)O3)cc1F. The summed E-state index contributed by atoms with van der Waals surface area (Å²) < 4.78 is 20.9. The van der Waals surface area contributed by atoms with Crippen LogP contribution in [0.4, 0.5) is 4.39 Å². The van der Waals surface area contributed by atoms with Crippen LogP contribution in [0.15, 0.2) is 36.4 Å². The van der Waals surface area contributed by atoms with Gasteiger partial charge in [-0.15, -0.1) is 0 Å². The van der Waals surface area contributed by atoms with Gasteiger partial charge >= 0.3 is 0 Å². The van der Waals surface area contributed by atoms with E-state index in [4.69, 9.17) is 9.84 Å². The van der Waals surface area contributed by atoms with Crippen LogP contribution in [-0.2, 0) is 12.8 Å². The molecule has 2 aromatic carbocycles. The second-order valence-electron chi connectivity index (χ2n) is 9.01. The average Bonchev–Trinajstić information content (AvgIpc) is 2.70. The Hall–Kier alpha value is -1.91. The van der Waals surface area contributed by atoms with Gasteiger partial charge in [0.15, 0.2) is 0 Å². The predicted molar refractivity (Wildman–Crippen MR) is 113 cm³/mol. The van der Waals surface area contributed by atoms with Crippen LogP contribution in [-0.4, -0.2) is 41.3 Å². The van der Waals surface area contributed by atoms with Crippen molar-refractivity contribution in [3.05, 3.63) is 53.3 Å². The normalized spacial score (nSPS) is 21.4. The number of hydrogen-bond donors (Lipinski definition) is 1. The molecule has 1 spiro atoms. The van der Waals surface area contributed by atoms with Crippen molar-refractivity contribution in [3.8, 4) is 16.9 Å². The number of likely N-dealkylation sites (tertiary alicyclic amines) is 1. The van der Waals surface area contributed by atoms with Gasteiger partial charge in [-0.2, -0.15) is 0 Å². The van der Waals surface area contributed by atoms with E-state index in [1.165, 1.54) is 24.8 Å². The Morgan fingerprint density at radius 3 is 2.48 bits per heavy atom. The topological polar surface area (TPSA) is 32.7 Å². The van der Waals surface area contributed by atoms with Crippen LogP contribution < -0.4 is 4.74 Å². The number of fused-ring (bicyclic) bond motifs is 1. The van der Waals surface area contributed by atoms with Gasteiger partial charge in [0.05, 0.1) is 0 Å². The van der Waals surface area contributed by atoms with E-state index in [-0.39, 0.29) is 18.0 Å². The molecule has 2 aromatic rings. The molecule has 1 aliphatic carbocycles. The molecule has 29 heavy (non-hydrogen) atoms. The number of aliphatic hydroxyl groups excluding tert-OH is 1. The van der Waals surface area contributed by atoms with Crippen molar-refractivity contribution in [2.45, 2.75) is 63.0 Å². The molecule has 2 aliphatic heterocycles. The zero-order valence-corrected chi connectivity index (χ0v) is 17.0. The highest BCUT2D eigenvalue weighted by molar-refractivity contribution is 5.66. The highest BCUT2D eigenvalue weighted by atomic mass is 19.1. The number of aryl methyl sites for hydroxylation is 1. The molecule has 3 aliphatic rings. The van der Waals surface area contributed by atoms with Crippen LogP contribution in [0, 0.1) is 5.82 Å². The van der Waals surface area contributed by atoms with Crippen molar-refractivity contribution in [1.29, 1.82) is 0 Å². The molecule has 0 aromatic heterocycles. The number of hydrogen-bond acceptors (Lipinski definition) is 3. The first kappa shape index (κ1) is 19.1. The summed E-state index contributed by atoms with van der Waals surface area (Å²) in [5.74, 6) is 0.761. The van der Waals surface area contributed by atoms with Gasteiger partial charge < -0.3 is 14.7 Å². The lowest BCUT2D eigenvalue weighted by Crippen LogP contribution is -2.53. The van der Waals surface area contributed by atoms with E-state index in [1.807, 2.05) is 12.1 Å². The van der Waals surface area contributed by atoms with E-state index in [2.05, 4.69) is 17.0 Å². The first-order valence-electron chi connectivity index (χ1n) is 11.1. The smallest absolute Gasteiger partial charge is 0.127 e. The molecule has 1 saturated heterocycles. The third-order valence-electron chi connectivity index (χ3n) is 7.30. The summed E-state index contributed by atoms with van der Waals surface area (Å²) in [6, 6.07) is 12.4. The molecule has 2 fully saturated rings. The van der Waals surface area contributed by atoms with E-state index in [0.29, 0.717) is 12.0 Å². The van der Waals surface area contributed by atoms with Crippen LogP contribution in [0.25, 0.3) is 11.1 Å². The molecule has 0 bridgehead atoms. The molecule has 0 atom stereocenters. The van der Waals surface area contributed by atoms with Gasteiger partial charge in [0.2, 0.25) is 0 Å². The first-order chi connectivity index (χ1) is 14.2. The van der Waals surface area contributed by atoms with Gasteiger partial charge in [-0.05, 0) is 85.4 Å². The van der Waals surface area contributed by atoms with Crippen LogP contribution in [0.5, 0.6) is 5.75 Å². The summed E-state index contributed by atoms with van der Waals surface area (Å²) in [4.78, 5) is 2.67. The maximum absolute atomic E-state index is 14.3. The second-order valence-corrected chi connectivity index (χ2v) is 9.01. The summed E-state index contributed by atoms with van der Waals surface area (Å²) in [5, 5.41) is 9.04. The molecule has 4 heteroatoms. The lowest BCUT2D eigenvalue weighted by molar-refractivity contribution is -0.0336. The molecular weight excluding hydrogens is 365 g/mol. The number of halogens is 1. The lowest BCUT2D eigenvalue weighted by atomic mass is 9.81. The fourth-order valence-electron chi connectivity index (χ4n) is 5.15. The zero-order valence-electron chi connectivity index (χ0n) is 17.0. The van der Waals surface area contributed by atoms with E-state index in [0.717, 1.165) is 61.7 Å². The monoisotopic (exact) mass is 395 g/mol. The predicted octanol–water partition coefficient (Wildman–Crippen LogP) is 4.74. The van der Waals surface area contributed by atoms with E-state index < -0.39 is 0 Å². The largest absolute Gasteiger partial charge is 0.487 e. The zero-order chi connectivity index (χ0) is 19.8. The third kappa shape index (κ3) is 3.69. The molecule has 1 saturated carbocycles. The van der Waals surface area contributed by atoms with E-state index >= 15 is 0 Å². The Labute approximate surface area is 172 Å². The van der Waals surface area contributed by atoms with Crippen molar-refractivity contribution in [1.82, 2.24) is 4.90 Å². The summed E-state index contributed by atoms with van der Waals surface area (Å²) >= 11 is 0. The summed E-state index contributed by atoms with van der Waals surface area (Å²) in [7, 11) is 0. The molecule has 1 N–H and O–H groups in total. The van der Waals surface area contributed by atoms with Crippen LogP contribution in [0.2, 0.25) is 0 Å². The van der Waals surface area contributed by atoms with Gasteiger partial charge in [0.25, 0.3) is 0 Å². The molecule has 0 amide bonds. The molecule has 2 heterocycles. The van der Waals surface area contributed by atoms with Crippen molar-refractivity contribution in [2.24, 2.45) is 0 Å². The highest BCUT2D eigenvalue weighted by Crippen LogP contribution is 2.42.